The van der Waals surface area contributed by atoms with Gasteiger partial charge < -0.3 is 9.84 Å². The molecule has 0 saturated heterocycles. The van der Waals surface area contributed by atoms with Gasteiger partial charge in [-0.1, -0.05) is 60.7 Å². The first-order valence-corrected chi connectivity index (χ1v) is 7.40. The number of aliphatic hydroxyl groups excluding tert-OH is 1. The monoisotopic (exact) mass is 284 g/mol. The molecular weight excluding hydrogens is 260 g/mol. The Morgan fingerprint density at radius 2 is 1.43 bits per heavy atom. The van der Waals surface area contributed by atoms with Crippen molar-refractivity contribution in [1.82, 2.24) is 0 Å². The van der Waals surface area contributed by atoms with E-state index in [0.29, 0.717) is 6.42 Å². The predicted molar refractivity (Wildman–Crippen MR) is 86.2 cm³/mol. The van der Waals surface area contributed by atoms with Crippen LogP contribution in [-0.2, 0) is 11.2 Å². The summed E-state index contributed by atoms with van der Waals surface area (Å²) in [5.74, 6) is 0. The molecule has 0 fully saturated rings. The zero-order valence-electron chi connectivity index (χ0n) is 13.0. The summed E-state index contributed by atoms with van der Waals surface area (Å²) >= 11 is 0. The van der Waals surface area contributed by atoms with Crippen LogP contribution in [0, 0.1) is 0 Å². The molecule has 2 rings (SSSR count). The summed E-state index contributed by atoms with van der Waals surface area (Å²) in [7, 11) is 0. The van der Waals surface area contributed by atoms with E-state index < -0.39 is 6.10 Å². The summed E-state index contributed by atoms with van der Waals surface area (Å²) in [6.45, 7) is 6.04. The van der Waals surface area contributed by atoms with Gasteiger partial charge in [0.05, 0.1) is 11.7 Å². The van der Waals surface area contributed by atoms with Crippen molar-refractivity contribution in [3.05, 3.63) is 71.8 Å². The van der Waals surface area contributed by atoms with E-state index in [1.54, 1.807) is 0 Å². The normalized spacial score (nSPS) is 14.7. The molecule has 2 aromatic carbocycles. The second kappa shape index (κ2) is 6.88. The Bertz CT molecular complexity index is 528. The van der Waals surface area contributed by atoms with Crippen LogP contribution in [0.3, 0.4) is 0 Å². The largest absolute Gasteiger partial charge is 0.390 e. The van der Waals surface area contributed by atoms with Gasteiger partial charge in [0.1, 0.15) is 6.10 Å². The lowest BCUT2D eigenvalue weighted by molar-refractivity contribution is -0.113. The third-order valence-electron chi connectivity index (χ3n) is 3.25. The average molecular weight is 284 g/mol. The summed E-state index contributed by atoms with van der Waals surface area (Å²) in [5, 5.41) is 10.7. The molecule has 0 heterocycles. The Morgan fingerprint density at radius 1 is 0.905 bits per heavy atom. The zero-order valence-corrected chi connectivity index (χ0v) is 13.0. The predicted octanol–water partition coefficient (Wildman–Crippen LogP) is 4.15. The quantitative estimate of drug-likeness (QED) is 0.894. The van der Waals surface area contributed by atoms with Crippen LogP contribution in [-0.4, -0.2) is 16.8 Å². The molecule has 21 heavy (non-hydrogen) atoms. The van der Waals surface area contributed by atoms with E-state index in [0.717, 1.165) is 11.1 Å². The zero-order chi connectivity index (χ0) is 15.3. The van der Waals surface area contributed by atoms with E-state index in [-0.39, 0.29) is 11.7 Å². The van der Waals surface area contributed by atoms with Gasteiger partial charge in [0.15, 0.2) is 0 Å². The maximum atomic E-state index is 10.7. The van der Waals surface area contributed by atoms with Crippen molar-refractivity contribution < 1.29 is 9.84 Å². The van der Waals surface area contributed by atoms with Crippen molar-refractivity contribution in [3.8, 4) is 0 Å². The lowest BCUT2D eigenvalue weighted by atomic mass is 9.97. The molecule has 0 radical (unpaired) electrons. The molecule has 2 unspecified atom stereocenters. The molecule has 0 aromatic heterocycles. The van der Waals surface area contributed by atoms with Crippen LogP contribution in [0.2, 0.25) is 0 Å². The summed E-state index contributed by atoms with van der Waals surface area (Å²) in [5.41, 5.74) is 1.82. The topological polar surface area (TPSA) is 29.5 Å². The number of rotatable bonds is 5. The number of hydrogen-bond acceptors (Lipinski definition) is 2. The van der Waals surface area contributed by atoms with Crippen molar-refractivity contribution in [2.75, 3.05) is 0 Å². The van der Waals surface area contributed by atoms with Crippen molar-refractivity contribution in [1.29, 1.82) is 0 Å². The van der Waals surface area contributed by atoms with Crippen LogP contribution in [0.4, 0.5) is 0 Å². The van der Waals surface area contributed by atoms with Crippen molar-refractivity contribution in [2.24, 2.45) is 0 Å². The van der Waals surface area contributed by atoms with Gasteiger partial charge in [0.2, 0.25) is 0 Å². The number of aliphatic hydroxyl groups is 1. The van der Waals surface area contributed by atoms with E-state index in [9.17, 15) is 5.11 Å². The van der Waals surface area contributed by atoms with Gasteiger partial charge in [0, 0.05) is 6.42 Å². The molecular formula is C19H24O2. The fourth-order valence-electron chi connectivity index (χ4n) is 2.35. The lowest BCUT2D eigenvalue weighted by Gasteiger charge is -2.31. The molecule has 0 saturated carbocycles. The van der Waals surface area contributed by atoms with Crippen LogP contribution in [0.1, 0.15) is 38.0 Å². The molecule has 1 N–H and O–H groups in total. The minimum absolute atomic E-state index is 0.307. The van der Waals surface area contributed by atoms with Gasteiger partial charge in [-0.15, -0.1) is 0 Å². The molecule has 0 bridgehead atoms. The van der Waals surface area contributed by atoms with Gasteiger partial charge in [0.25, 0.3) is 0 Å². The van der Waals surface area contributed by atoms with E-state index in [2.05, 4.69) is 0 Å². The Balaban J connectivity index is 2.18. The summed E-state index contributed by atoms with van der Waals surface area (Å²) in [6.07, 6.45) is -0.323. The number of hydrogen-bond donors (Lipinski definition) is 1. The summed E-state index contributed by atoms with van der Waals surface area (Å²) < 4.78 is 6.11. The Hall–Kier alpha value is -1.64. The molecule has 112 valence electrons. The van der Waals surface area contributed by atoms with Gasteiger partial charge in [-0.25, -0.2) is 0 Å². The highest BCUT2D eigenvalue weighted by Gasteiger charge is 2.27. The van der Waals surface area contributed by atoms with Gasteiger partial charge in [-0.2, -0.15) is 0 Å². The summed E-state index contributed by atoms with van der Waals surface area (Å²) in [6, 6.07) is 20.0. The van der Waals surface area contributed by atoms with E-state index in [1.165, 1.54) is 0 Å². The highest BCUT2D eigenvalue weighted by atomic mass is 16.5. The van der Waals surface area contributed by atoms with Gasteiger partial charge in [-0.05, 0) is 31.9 Å². The third kappa shape index (κ3) is 5.00. The Kier molecular flexibility index (Phi) is 5.16. The Morgan fingerprint density at radius 3 is 1.95 bits per heavy atom. The van der Waals surface area contributed by atoms with Crippen molar-refractivity contribution >= 4 is 0 Å². The van der Waals surface area contributed by atoms with Crippen molar-refractivity contribution in [3.63, 3.8) is 0 Å². The van der Waals surface area contributed by atoms with E-state index >= 15 is 0 Å². The molecule has 0 aliphatic carbocycles. The maximum absolute atomic E-state index is 10.7. The fourth-order valence-corrected chi connectivity index (χ4v) is 2.35. The second-order valence-corrected chi connectivity index (χ2v) is 6.32. The third-order valence-corrected chi connectivity index (χ3v) is 3.25. The smallest absolute Gasteiger partial charge is 0.109 e. The minimum Gasteiger partial charge on any atom is -0.390 e. The molecule has 0 aliphatic heterocycles. The first-order valence-electron chi connectivity index (χ1n) is 7.40. The SMILES string of the molecule is CC(C)(C)OC(c1ccccc1)C(O)Cc1ccccc1. The van der Waals surface area contributed by atoms with E-state index in [4.69, 9.17) is 4.74 Å². The maximum Gasteiger partial charge on any atom is 0.109 e. The molecule has 2 aromatic rings. The first-order chi connectivity index (χ1) is 9.96. The van der Waals surface area contributed by atoms with Crippen LogP contribution < -0.4 is 0 Å². The van der Waals surface area contributed by atoms with E-state index in [1.807, 2.05) is 81.4 Å². The lowest BCUT2D eigenvalue weighted by Crippen LogP contribution is -2.31. The molecule has 0 amide bonds. The average Bonchev–Trinajstić information content (AvgIpc) is 2.46. The van der Waals surface area contributed by atoms with Gasteiger partial charge in [-0.3, -0.25) is 0 Å². The van der Waals surface area contributed by atoms with Crippen LogP contribution in [0.15, 0.2) is 60.7 Å². The molecule has 0 aliphatic rings. The molecule has 2 heteroatoms. The molecule has 2 nitrogen and oxygen atoms in total. The fraction of sp³-hybridized carbons (Fsp3) is 0.368. The van der Waals surface area contributed by atoms with Crippen LogP contribution >= 0.6 is 0 Å². The summed E-state index contributed by atoms with van der Waals surface area (Å²) in [4.78, 5) is 0. The Labute approximate surface area is 127 Å². The number of ether oxygens (including phenoxy) is 1. The second-order valence-electron chi connectivity index (χ2n) is 6.32. The van der Waals surface area contributed by atoms with Gasteiger partial charge >= 0.3 is 0 Å². The number of benzene rings is 2. The first kappa shape index (κ1) is 15.7. The minimum atomic E-state index is -0.575. The van der Waals surface area contributed by atoms with Crippen LogP contribution in [0.25, 0.3) is 0 Å². The molecule has 2 atom stereocenters. The standard InChI is InChI=1S/C19H24O2/c1-19(2,3)21-18(16-12-8-5-9-13-16)17(20)14-15-10-6-4-7-11-15/h4-13,17-18,20H,14H2,1-3H3. The molecule has 0 spiro atoms. The highest BCUT2D eigenvalue weighted by Crippen LogP contribution is 2.28. The van der Waals surface area contributed by atoms with Crippen LogP contribution in [0.5, 0.6) is 0 Å². The highest BCUT2D eigenvalue weighted by molar-refractivity contribution is 5.21. The van der Waals surface area contributed by atoms with Crippen molar-refractivity contribution in [2.45, 2.75) is 45.0 Å².